The van der Waals surface area contributed by atoms with E-state index in [1.165, 1.54) is 6.42 Å². The Balaban J connectivity index is 3.36. The molecular weight excluding hydrogens is 154 g/mol. The SMILES string of the molecule is CCC(C)[Si]N[Si](C)(C)C. The number of rotatable bonds is 4. The fourth-order valence-corrected chi connectivity index (χ4v) is 3.36. The summed E-state index contributed by atoms with van der Waals surface area (Å²) in [6.45, 7) is 11.6. The van der Waals surface area contributed by atoms with Crippen molar-refractivity contribution in [1.29, 1.82) is 0 Å². The Hall–Kier alpha value is 0.394. The van der Waals surface area contributed by atoms with Crippen molar-refractivity contribution in [1.82, 2.24) is 4.65 Å². The molecule has 1 nitrogen and oxygen atoms in total. The molecule has 0 saturated carbocycles. The zero-order valence-electron chi connectivity index (χ0n) is 7.78. The molecular formula is C7H19NSi2. The summed E-state index contributed by atoms with van der Waals surface area (Å²) in [7, 11) is -0.00478. The van der Waals surface area contributed by atoms with E-state index in [4.69, 9.17) is 0 Å². The van der Waals surface area contributed by atoms with Crippen molar-refractivity contribution in [2.24, 2.45) is 0 Å². The van der Waals surface area contributed by atoms with Crippen molar-refractivity contribution >= 4 is 17.9 Å². The lowest BCUT2D eigenvalue weighted by Gasteiger charge is -2.19. The third-order valence-electron chi connectivity index (χ3n) is 1.31. The molecule has 0 bridgehead atoms. The minimum Gasteiger partial charge on any atom is -0.361 e. The van der Waals surface area contributed by atoms with Crippen LogP contribution in [0.25, 0.3) is 0 Å². The quantitative estimate of drug-likeness (QED) is 0.643. The van der Waals surface area contributed by atoms with Gasteiger partial charge in [-0.05, 0) is 5.54 Å². The molecule has 0 heterocycles. The van der Waals surface area contributed by atoms with Crippen molar-refractivity contribution in [3.05, 3.63) is 0 Å². The van der Waals surface area contributed by atoms with E-state index in [0.717, 1.165) is 15.2 Å². The fraction of sp³-hybridized carbons (Fsp3) is 1.00. The predicted octanol–water partition coefficient (Wildman–Crippen LogP) is 2.25. The Labute approximate surface area is 68.6 Å². The molecule has 0 rings (SSSR count). The van der Waals surface area contributed by atoms with Crippen LogP contribution >= 0.6 is 0 Å². The molecule has 0 aliphatic rings. The van der Waals surface area contributed by atoms with Crippen LogP contribution in [0.5, 0.6) is 0 Å². The monoisotopic (exact) mass is 173 g/mol. The Morgan fingerprint density at radius 2 is 1.90 bits per heavy atom. The summed E-state index contributed by atoms with van der Waals surface area (Å²) in [6, 6.07) is 0. The second kappa shape index (κ2) is 4.31. The summed E-state index contributed by atoms with van der Waals surface area (Å²) >= 11 is 0. The van der Waals surface area contributed by atoms with Gasteiger partial charge in [0, 0.05) is 0 Å². The van der Waals surface area contributed by atoms with E-state index < -0.39 is 8.24 Å². The van der Waals surface area contributed by atoms with Crippen LogP contribution in [-0.2, 0) is 0 Å². The lowest BCUT2D eigenvalue weighted by atomic mass is 10.4. The van der Waals surface area contributed by atoms with E-state index in [0.29, 0.717) is 0 Å². The third-order valence-corrected chi connectivity index (χ3v) is 5.78. The Bertz CT molecular complexity index is 88.1. The van der Waals surface area contributed by atoms with Crippen molar-refractivity contribution < 1.29 is 0 Å². The van der Waals surface area contributed by atoms with Crippen molar-refractivity contribution in [2.75, 3.05) is 0 Å². The minimum atomic E-state index is -0.974. The lowest BCUT2D eigenvalue weighted by Crippen LogP contribution is -2.44. The lowest BCUT2D eigenvalue weighted by molar-refractivity contribution is 0.861. The van der Waals surface area contributed by atoms with Gasteiger partial charge in [0.25, 0.3) is 0 Å². The highest BCUT2D eigenvalue weighted by molar-refractivity contribution is 6.79. The van der Waals surface area contributed by atoms with Gasteiger partial charge in [-0.1, -0.05) is 39.9 Å². The molecule has 0 aromatic heterocycles. The molecule has 1 N–H and O–H groups in total. The van der Waals surface area contributed by atoms with Gasteiger partial charge in [0.15, 0.2) is 0 Å². The first-order valence-electron chi connectivity index (χ1n) is 3.98. The molecule has 0 aliphatic heterocycles. The molecule has 0 amide bonds. The molecule has 60 valence electrons. The van der Waals surface area contributed by atoms with Crippen LogP contribution in [0.15, 0.2) is 0 Å². The van der Waals surface area contributed by atoms with E-state index in [9.17, 15) is 0 Å². The van der Waals surface area contributed by atoms with Gasteiger partial charge < -0.3 is 4.65 Å². The van der Waals surface area contributed by atoms with Crippen LogP contribution in [0, 0.1) is 0 Å². The standard InChI is InChI=1S/C7H19NSi2/c1-6-7(2)9-8-10(3,4)5/h7-8H,6H2,1-5H3. The van der Waals surface area contributed by atoms with Crippen molar-refractivity contribution in [2.45, 2.75) is 45.5 Å². The van der Waals surface area contributed by atoms with E-state index >= 15 is 0 Å². The third kappa shape index (κ3) is 6.51. The van der Waals surface area contributed by atoms with Gasteiger partial charge >= 0.3 is 0 Å². The van der Waals surface area contributed by atoms with Gasteiger partial charge in [0.2, 0.25) is 0 Å². The largest absolute Gasteiger partial charge is 0.361 e. The summed E-state index contributed by atoms with van der Waals surface area (Å²) in [5.74, 6) is 0. The van der Waals surface area contributed by atoms with Gasteiger partial charge in [-0.15, -0.1) is 0 Å². The molecule has 0 aromatic rings. The molecule has 0 aliphatic carbocycles. The molecule has 1 unspecified atom stereocenters. The minimum absolute atomic E-state index is 0.867. The van der Waals surface area contributed by atoms with E-state index in [2.05, 4.69) is 38.1 Å². The molecule has 2 radical (unpaired) electrons. The summed E-state index contributed by atoms with van der Waals surface area (Å²) < 4.78 is 3.64. The number of nitrogens with one attached hydrogen (secondary N) is 1. The average molecular weight is 173 g/mol. The van der Waals surface area contributed by atoms with Crippen molar-refractivity contribution in [3.63, 3.8) is 0 Å². The summed E-state index contributed by atoms with van der Waals surface area (Å²) in [5.41, 5.74) is 0.867. The van der Waals surface area contributed by atoms with Gasteiger partial charge in [-0.25, -0.2) is 0 Å². The second-order valence-electron chi connectivity index (χ2n) is 3.83. The first kappa shape index (κ1) is 10.4. The molecule has 0 saturated heterocycles. The number of hydrogen-bond acceptors (Lipinski definition) is 1. The van der Waals surface area contributed by atoms with Gasteiger partial charge in [-0.3, -0.25) is 0 Å². The zero-order valence-corrected chi connectivity index (χ0v) is 9.78. The maximum Gasteiger partial charge on any atom is 0.134 e. The van der Waals surface area contributed by atoms with Gasteiger partial charge in [-0.2, -0.15) is 0 Å². The summed E-state index contributed by atoms with van der Waals surface area (Å²) in [6.07, 6.45) is 1.30. The second-order valence-corrected chi connectivity index (χ2v) is 10.6. The smallest absolute Gasteiger partial charge is 0.134 e. The maximum atomic E-state index is 3.64. The highest BCUT2D eigenvalue weighted by atomic mass is 28.4. The van der Waals surface area contributed by atoms with Crippen LogP contribution in [0.1, 0.15) is 20.3 Å². The summed E-state index contributed by atoms with van der Waals surface area (Å²) in [4.78, 5) is 0. The molecule has 0 aromatic carbocycles. The molecule has 0 fully saturated rings. The molecule has 3 heteroatoms. The Morgan fingerprint density at radius 1 is 1.40 bits per heavy atom. The fourth-order valence-electron chi connectivity index (χ4n) is 0.442. The maximum absolute atomic E-state index is 3.64. The van der Waals surface area contributed by atoms with E-state index in [1.54, 1.807) is 0 Å². The van der Waals surface area contributed by atoms with Crippen LogP contribution in [0.3, 0.4) is 0 Å². The topological polar surface area (TPSA) is 12.0 Å². The Morgan fingerprint density at radius 3 is 2.20 bits per heavy atom. The highest BCUT2D eigenvalue weighted by Crippen LogP contribution is 2.05. The molecule has 1 atom stereocenters. The molecule has 10 heavy (non-hydrogen) atoms. The van der Waals surface area contributed by atoms with E-state index in [-0.39, 0.29) is 0 Å². The predicted molar refractivity (Wildman–Crippen MR) is 52.0 cm³/mol. The molecule has 0 spiro atoms. The zero-order chi connectivity index (χ0) is 8.20. The Kier molecular flexibility index (Phi) is 4.48. The first-order chi connectivity index (χ1) is 4.45. The summed E-state index contributed by atoms with van der Waals surface area (Å²) in [5, 5.41) is 0. The van der Waals surface area contributed by atoms with Crippen molar-refractivity contribution in [3.8, 4) is 0 Å². The van der Waals surface area contributed by atoms with E-state index in [1.807, 2.05) is 0 Å². The normalized spacial score (nSPS) is 15.3. The average Bonchev–Trinajstić information content (AvgIpc) is 1.81. The van der Waals surface area contributed by atoms with Gasteiger partial charge in [0.1, 0.15) is 17.9 Å². The van der Waals surface area contributed by atoms with Crippen LogP contribution in [-0.4, -0.2) is 17.9 Å². The van der Waals surface area contributed by atoms with Crippen LogP contribution in [0.4, 0.5) is 0 Å². The van der Waals surface area contributed by atoms with Crippen LogP contribution in [0.2, 0.25) is 25.2 Å². The number of hydrogen-bond donors (Lipinski definition) is 1. The van der Waals surface area contributed by atoms with Gasteiger partial charge in [0.05, 0.1) is 0 Å². The van der Waals surface area contributed by atoms with Crippen LogP contribution < -0.4 is 4.65 Å². The first-order valence-corrected chi connectivity index (χ1v) is 8.56. The highest BCUT2D eigenvalue weighted by Gasteiger charge is 2.13.